The molecule has 0 unspecified atom stereocenters. The van der Waals surface area contributed by atoms with Crippen molar-refractivity contribution in [1.29, 1.82) is 0 Å². The van der Waals surface area contributed by atoms with Gasteiger partial charge in [0.15, 0.2) is 0 Å². The number of nitrogens with zero attached hydrogens (tertiary/aromatic N) is 4. The molecule has 0 fully saturated rings. The van der Waals surface area contributed by atoms with Crippen molar-refractivity contribution < 1.29 is 0 Å². The Kier molecular flexibility index (Phi) is 2.66. The summed E-state index contributed by atoms with van der Waals surface area (Å²) >= 11 is 11.6. The highest BCUT2D eigenvalue weighted by Crippen LogP contribution is 2.26. The lowest BCUT2D eigenvalue weighted by molar-refractivity contribution is 0.881. The maximum atomic E-state index is 5.84. The van der Waals surface area contributed by atoms with E-state index >= 15 is 0 Å². The van der Waals surface area contributed by atoms with Crippen LogP contribution in [-0.4, -0.2) is 20.4 Å². The van der Waals surface area contributed by atoms with Crippen molar-refractivity contribution in [2.45, 2.75) is 0 Å². The molecule has 7 heteroatoms. The Morgan fingerprint density at radius 1 is 0.933 bits per heavy atom. The summed E-state index contributed by atoms with van der Waals surface area (Å²) in [5.74, 6) is 0.376. The van der Waals surface area contributed by atoms with Gasteiger partial charge in [0.25, 0.3) is 5.95 Å². The number of aromatic nitrogens is 4. The van der Waals surface area contributed by atoms with E-state index in [1.807, 2.05) is 0 Å². The highest BCUT2D eigenvalue weighted by Gasteiger charge is 2.05. The van der Waals surface area contributed by atoms with E-state index in [0.29, 0.717) is 21.4 Å². The van der Waals surface area contributed by atoms with Crippen LogP contribution in [0, 0.1) is 0 Å². The third-order valence-electron chi connectivity index (χ3n) is 1.67. The van der Waals surface area contributed by atoms with Crippen molar-refractivity contribution in [2.75, 3.05) is 5.73 Å². The van der Waals surface area contributed by atoms with Gasteiger partial charge in [0, 0.05) is 5.56 Å². The highest BCUT2D eigenvalue weighted by atomic mass is 35.5. The van der Waals surface area contributed by atoms with E-state index in [-0.39, 0.29) is 5.95 Å². The van der Waals surface area contributed by atoms with Crippen LogP contribution in [0.15, 0.2) is 18.2 Å². The lowest BCUT2D eigenvalue weighted by Crippen LogP contribution is -2.01. The van der Waals surface area contributed by atoms with E-state index in [9.17, 15) is 0 Å². The van der Waals surface area contributed by atoms with Gasteiger partial charge >= 0.3 is 0 Å². The fraction of sp³-hybridized carbons (Fsp3) is 0. The molecular formula is C8H5Cl2N5. The van der Waals surface area contributed by atoms with E-state index in [0.717, 1.165) is 0 Å². The molecule has 2 rings (SSSR count). The quantitative estimate of drug-likeness (QED) is 0.825. The molecule has 0 aliphatic heterocycles. The molecule has 0 saturated carbocycles. The predicted octanol–water partition coefficient (Wildman–Crippen LogP) is 1.82. The molecule has 2 aromatic rings. The van der Waals surface area contributed by atoms with Crippen LogP contribution in [0.3, 0.4) is 0 Å². The molecule has 1 aromatic heterocycles. The van der Waals surface area contributed by atoms with E-state index in [2.05, 4.69) is 20.4 Å². The molecule has 1 aromatic carbocycles. The Morgan fingerprint density at radius 2 is 1.60 bits per heavy atom. The number of nitrogen functional groups attached to an aromatic ring is 1. The molecular weight excluding hydrogens is 237 g/mol. The van der Waals surface area contributed by atoms with Gasteiger partial charge in [0.2, 0.25) is 5.82 Å². The van der Waals surface area contributed by atoms with Crippen LogP contribution in [0.5, 0.6) is 0 Å². The average molecular weight is 242 g/mol. The SMILES string of the molecule is Nc1nnc(-c2ccc(Cl)c(Cl)c2)nn1. The highest BCUT2D eigenvalue weighted by molar-refractivity contribution is 6.42. The lowest BCUT2D eigenvalue weighted by Gasteiger charge is -2.00. The van der Waals surface area contributed by atoms with E-state index in [1.54, 1.807) is 18.2 Å². The zero-order valence-corrected chi connectivity index (χ0v) is 8.87. The van der Waals surface area contributed by atoms with Gasteiger partial charge in [0.1, 0.15) is 0 Å². The van der Waals surface area contributed by atoms with Crippen LogP contribution < -0.4 is 5.73 Å². The van der Waals surface area contributed by atoms with Gasteiger partial charge in [-0.2, -0.15) is 0 Å². The number of nitrogens with two attached hydrogens (primary N) is 1. The Labute approximate surface area is 95.3 Å². The van der Waals surface area contributed by atoms with Gasteiger partial charge in [-0.05, 0) is 18.2 Å². The molecule has 0 atom stereocenters. The average Bonchev–Trinajstić information content (AvgIpc) is 2.23. The maximum absolute atomic E-state index is 5.84. The first kappa shape index (κ1) is 10.1. The van der Waals surface area contributed by atoms with Crippen LogP contribution >= 0.6 is 23.2 Å². The Balaban J connectivity index is 2.45. The number of halogens is 2. The zero-order chi connectivity index (χ0) is 10.8. The second-order valence-corrected chi connectivity index (χ2v) is 3.53. The summed E-state index contributed by atoms with van der Waals surface area (Å²) in [6, 6.07) is 5.01. The Bertz CT molecular complexity index is 485. The summed E-state index contributed by atoms with van der Waals surface area (Å²) in [5.41, 5.74) is 5.95. The second-order valence-electron chi connectivity index (χ2n) is 2.71. The molecule has 76 valence electrons. The Morgan fingerprint density at radius 3 is 2.20 bits per heavy atom. The van der Waals surface area contributed by atoms with Gasteiger partial charge in [-0.1, -0.05) is 23.2 Å². The summed E-state index contributed by atoms with van der Waals surface area (Å²) < 4.78 is 0. The predicted molar refractivity (Wildman–Crippen MR) is 57.5 cm³/mol. The standard InChI is InChI=1S/C8H5Cl2N5/c9-5-2-1-4(3-6(5)10)7-12-14-8(11)15-13-7/h1-3H,(H2,11,14,15). The van der Waals surface area contributed by atoms with Gasteiger partial charge in [-0.3, -0.25) is 0 Å². The van der Waals surface area contributed by atoms with Crippen molar-refractivity contribution in [2.24, 2.45) is 0 Å². The molecule has 15 heavy (non-hydrogen) atoms. The first-order valence-electron chi connectivity index (χ1n) is 3.95. The van der Waals surface area contributed by atoms with Crippen molar-refractivity contribution >= 4 is 29.2 Å². The number of hydrogen-bond acceptors (Lipinski definition) is 5. The van der Waals surface area contributed by atoms with Crippen molar-refractivity contribution in [1.82, 2.24) is 20.4 Å². The van der Waals surface area contributed by atoms with Crippen LogP contribution in [0.1, 0.15) is 0 Å². The molecule has 0 aliphatic rings. The summed E-state index contributed by atoms with van der Waals surface area (Å²) in [6.07, 6.45) is 0. The van der Waals surface area contributed by atoms with E-state index in [1.165, 1.54) is 0 Å². The molecule has 5 nitrogen and oxygen atoms in total. The fourth-order valence-electron chi connectivity index (χ4n) is 0.988. The van der Waals surface area contributed by atoms with Gasteiger partial charge < -0.3 is 5.73 Å². The van der Waals surface area contributed by atoms with Crippen molar-refractivity contribution in [3.8, 4) is 11.4 Å². The fourth-order valence-corrected chi connectivity index (χ4v) is 1.29. The number of anilines is 1. The summed E-state index contributed by atoms with van der Waals surface area (Å²) in [6.45, 7) is 0. The van der Waals surface area contributed by atoms with Crippen LogP contribution in [0.25, 0.3) is 11.4 Å². The molecule has 0 bridgehead atoms. The molecule has 2 N–H and O–H groups in total. The van der Waals surface area contributed by atoms with E-state index < -0.39 is 0 Å². The minimum absolute atomic E-state index is 0.0267. The largest absolute Gasteiger partial charge is 0.365 e. The van der Waals surface area contributed by atoms with Crippen molar-refractivity contribution in [3.63, 3.8) is 0 Å². The van der Waals surface area contributed by atoms with E-state index in [4.69, 9.17) is 28.9 Å². The number of hydrogen-bond donors (Lipinski definition) is 1. The smallest absolute Gasteiger partial charge is 0.259 e. The van der Waals surface area contributed by atoms with Gasteiger partial charge in [0.05, 0.1) is 10.0 Å². The lowest BCUT2D eigenvalue weighted by atomic mass is 10.2. The van der Waals surface area contributed by atoms with Gasteiger partial charge in [-0.15, -0.1) is 20.4 Å². The molecule has 1 heterocycles. The third-order valence-corrected chi connectivity index (χ3v) is 2.41. The van der Waals surface area contributed by atoms with Crippen LogP contribution in [0.4, 0.5) is 5.95 Å². The Hall–Kier alpha value is -1.46. The third kappa shape index (κ3) is 2.14. The molecule has 0 radical (unpaired) electrons. The van der Waals surface area contributed by atoms with Crippen LogP contribution in [-0.2, 0) is 0 Å². The molecule has 0 saturated heterocycles. The zero-order valence-electron chi connectivity index (χ0n) is 7.35. The van der Waals surface area contributed by atoms with Gasteiger partial charge in [-0.25, -0.2) is 0 Å². The second kappa shape index (κ2) is 3.96. The first-order chi connectivity index (χ1) is 7.16. The molecule has 0 aliphatic carbocycles. The minimum Gasteiger partial charge on any atom is -0.365 e. The number of rotatable bonds is 1. The molecule has 0 spiro atoms. The van der Waals surface area contributed by atoms with Crippen molar-refractivity contribution in [3.05, 3.63) is 28.2 Å². The summed E-state index contributed by atoms with van der Waals surface area (Å²) in [7, 11) is 0. The normalized spacial score (nSPS) is 10.3. The monoisotopic (exact) mass is 241 g/mol. The minimum atomic E-state index is 0.0267. The first-order valence-corrected chi connectivity index (χ1v) is 4.71. The number of benzene rings is 1. The van der Waals surface area contributed by atoms with Crippen LogP contribution in [0.2, 0.25) is 10.0 Å². The summed E-state index contributed by atoms with van der Waals surface area (Å²) in [5, 5.41) is 15.6. The summed E-state index contributed by atoms with van der Waals surface area (Å²) in [4.78, 5) is 0. The maximum Gasteiger partial charge on any atom is 0.259 e. The molecule has 0 amide bonds. The topological polar surface area (TPSA) is 77.6 Å².